The molecule has 0 saturated carbocycles. The summed E-state index contributed by atoms with van der Waals surface area (Å²) >= 11 is 0. The van der Waals surface area contributed by atoms with Gasteiger partial charge in [0, 0.05) is 7.11 Å². The molecule has 1 aromatic rings. The molecule has 0 aliphatic carbocycles. The van der Waals surface area contributed by atoms with E-state index in [9.17, 15) is 0 Å². The number of hydrogen-bond acceptors (Lipinski definition) is 3. The maximum absolute atomic E-state index is 6.43. The van der Waals surface area contributed by atoms with Crippen molar-refractivity contribution in [1.29, 1.82) is 0 Å². The lowest BCUT2D eigenvalue weighted by Gasteiger charge is -2.39. The normalized spacial score (nSPS) is 12.9. The van der Waals surface area contributed by atoms with E-state index in [0.717, 1.165) is 19.3 Å². The molecule has 0 fully saturated rings. The molecule has 1 atom stereocenters. The molecule has 30 heavy (non-hydrogen) atoms. The first-order valence-corrected chi connectivity index (χ1v) is 12.6. The molecule has 0 aromatic heterocycles. The van der Waals surface area contributed by atoms with Crippen molar-refractivity contribution in [1.82, 2.24) is 0 Å². The number of unbranched alkanes of at least 4 members (excludes halogenated alkanes) is 9. The van der Waals surface area contributed by atoms with Gasteiger partial charge in [-0.25, -0.2) is 0 Å². The van der Waals surface area contributed by atoms with Crippen LogP contribution in [-0.4, -0.2) is 26.3 Å². The summed E-state index contributed by atoms with van der Waals surface area (Å²) in [4.78, 5) is 0. The Kier molecular flexibility index (Phi) is 16.1. The predicted molar refractivity (Wildman–Crippen MR) is 128 cm³/mol. The second-order valence-electron chi connectivity index (χ2n) is 8.44. The van der Waals surface area contributed by atoms with Gasteiger partial charge in [-0.1, -0.05) is 115 Å². The first kappa shape index (κ1) is 27.1. The van der Waals surface area contributed by atoms with Crippen LogP contribution in [0.3, 0.4) is 0 Å². The highest BCUT2D eigenvalue weighted by atomic mass is 16.9. The second kappa shape index (κ2) is 17.7. The van der Waals surface area contributed by atoms with E-state index in [4.69, 9.17) is 14.2 Å². The van der Waals surface area contributed by atoms with E-state index in [0.29, 0.717) is 13.2 Å². The van der Waals surface area contributed by atoms with Gasteiger partial charge in [-0.3, -0.25) is 0 Å². The molecule has 0 saturated heterocycles. The highest BCUT2D eigenvalue weighted by Crippen LogP contribution is 2.38. The smallest absolute Gasteiger partial charge is 0.289 e. The van der Waals surface area contributed by atoms with Crippen LogP contribution in [0, 0.1) is 0 Å². The Labute approximate surface area is 186 Å². The van der Waals surface area contributed by atoms with Crippen LogP contribution in [0.4, 0.5) is 0 Å². The lowest BCUT2D eigenvalue weighted by molar-refractivity contribution is -0.384. The van der Waals surface area contributed by atoms with E-state index in [1.54, 1.807) is 7.11 Å². The van der Waals surface area contributed by atoms with Gasteiger partial charge in [-0.2, -0.15) is 0 Å². The van der Waals surface area contributed by atoms with Crippen molar-refractivity contribution in [3.63, 3.8) is 0 Å². The number of ether oxygens (including phenoxy) is 3. The standard InChI is InChI=1S/C27H48O3/c1-5-8-11-12-13-17-22-26(25-20-15-14-16-21-25)27(28-4,29-23-18-9-6-2)30-24-19-10-7-3/h14-16,20-21,26H,5-13,17-19,22-24H2,1-4H3. The average molecular weight is 421 g/mol. The molecule has 0 heterocycles. The third kappa shape index (κ3) is 10.4. The molecule has 1 rings (SSSR count). The Morgan fingerprint density at radius 2 is 1.17 bits per heavy atom. The zero-order valence-electron chi connectivity index (χ0n) is 20.3. The number of methoxy groups -OCH3 is 1. The van der Waals surface area contributed by atoms with Gasteiger partial charge in [0.15, 0.2) is 0 Å². The Morgan fingerprint density at radius 1 is 0.667 bits per heavy atom. The third-order valence-electron chi connectivity index (χ3n) is 5.86. The molecule has 3 heteroatoms. The van der Waals surface area contributed by atoms with Crippen LogP contribution in [0.2, 0.25) is 0 Å². The molecule has 0 amide bonds. The molecule has 1 unspecified atom stereocenters. The van der Waals surface area contributed by atoms with Gasteiger partial charge in [-0.05, 0) is 24.8 Å². The molecule has 3 nitrogen and oxygen atoms in total. The molecule has 0 spiro atoms. The predicted octanol–water partition coefficient (Wildman–Crippen LogP) is 8.23. The van der Waals surface area contributed by atoms with Crippen LogP contribution < -0.4 is 0 Å². The summed E-state index contributed by atoms with van der Waals surface area (Å²) in [6.07, 6.45) is 15.5. The van der Waals surface area contributed by atoms with E-state index in [-0.39, 0.29) is 5.92 Å². The Balaban J connectivity index is 2.92. The van der Waals surface area contributed by atoms with Gasteiger partial charge in [-0.15, -0.1) is 0 Å². The van der Waals surface area contributed by atoms with Crippen LogP contribution >= 0.6 is 0 Å². The monoisotopic (exact) mass is 420 g/mol. The fourth-order valence-corrected chi connectivity index (χ4v) is 4.00. The van der Waals surface area contributed by atoms with Crippen LogP contribution in [0.5, 0.6) is 0 Å². The van der Waals surface area contributed by atoms with Crippen molar-refractivity contribution in [2.24, 2.45) is 0 Å². The molecule has 0 aliphatic rings. The third-order valence-corrected chi connectivity index (χ3v) is 5.86. The van der Waals surface area contributed by atoms with Gasteiger partial charge >= 0.3 is 0 Å². The molecule has 0 aliphatic heterocycles. The maximum Gasteiger partial charge on any atom is 0.289 e. The van der Waals surface area contributed by atoms with Gasteiger partial charge in [0.1, 0.15) is 0 Å². The largest absolute Gasteiger partial charge is 0.330 e. The minimum atomic E-state index is -0.994. The summed E-state index contributed by atoms with van der Waals surface area (Å²) in [5.41, 5.74) is 1.25. The summed E-state index contributed by atoms with van der Waals surface area (Å²) in [5, 5.41) is 0. The zero-order valence-corrected chi connectivity index (χ0v) is 20.3. The summed E-state index contributed by atoms with van der Waals surface area (Å²) < 4.78 is 18.9. The number of hydrogen-bond donors (Lipinski definition) is 0. The van der Waals surface area contributed by atoms with Crippen molar-refractivity contribution in [3.8, 4) is 0 Å². The minimum absolute atomic E-state index is 0.0816. The van der Waals surface area contributed by atoms with Gasteiger partial charge in [0.2, 0.25) is 0 Å². The van der Waals surface area contributed by atoms with Crippen LogP contribution in [0.15, 0.2) is 30.3 Å². The molecule has 174 valence electrons. The van der Waals surface area contributed by atoms with E-state index in [2.05, 4.69) is 51.1 Å². The van der Waals surface area contributed by atoms with Crippen LogP contribution in [0.1, 0.15) is 116 Å². The quantitative estimate of drug-likeness (QED) is 0.157. The van der Waals surface area contributed by atoms with Crippen molar-refractivity contribution in [2.45, 2.75) is 116 Å². The fourth-order valence-electron chi connectivity index (χ4n) is 4.00. The Bertz CT molecular complexity index is 476. The fraction of sp³-hybridized carbons (Fsp3) is 0.778. The molecular weight excluding hydrogens is 372 g/mol. The molecule has 0 bridgehead atoms. The summed E-state index contributed by atoms with van der Waals surface area (Å²) in [7, 11) is 1.75. The lowest BCUT2D eigenvalue weighted by Crippen LogP contribution is -2.45. The molecular formula is C27H48O3. The van der Waals surface area contributed by atoms with Gasteiger partial charge in [0.05, 0.1) is 19.1 Å². The zero-order chi connectivity index (χ0) is 21.9. The molecule has 0 radical (unpaired) electrons. The average Bonchev–Trinajstić information content (AvgIpc) is 2.79. The van der Waals surface area contributed by atoms with E-state index in [1.165, 1.54) is 69.8 Å². The van der Waals surface area contributed by atoms with Crippen LogP contribution in [-0.2, 0) is 14.2 Å². The summed E-state index contributed by atoms with van der Waals surface area (Å²) in [6, 6.07) is 10.7. The van der Waals surface area contributed by atoms with Crippen molar-refractivity contribution >= 4 is 0 Å². The first-order valence-electron chi connectivity index (χ1n) is 12.6. The first-order chi connectivity index (χ1) is 14.7. The summed E-state index contributed by atoms with van der Waals surface area (Å²) in [5.74, 6) is -0.912. The number of rotatable bonds is 20. The van der Waals surface area contributed by atoms with E-state index < -0.39 is 5.97 Å². The van der Waals surface area contributed by atoms with E-state index in [1.807, 2.05) is 0 Å². The van der Waals surface area contributed by atoms with Crippen molar-refractivity contribution in [3.05, 3.63) is 35.9 Å². The molecule has 0 N–H and O–H groups in total. The second-order valence-corrected chi connectivity index (χ2v) is 8.44. The van der Waals surface area contributed by atoms with Crippen molar-refractivity contribution in [2.75, 3.05) is 20.3 Å². The topological polar surface area (TPSA) is 27.7 Å². The lowest BCUT2D eigenvalue weighted by atomic mass is 9.90. The SMILES string of the molecule is CCCCCCCCC(c1ccccc1)C(OC)(OCCCCC)OCCCCC. The molecule has 1 aromatic carbocycles. The number of benzene rings is 1. The highest BCUT2D eigenvalue weighted by molar-refractivity contribution is 5.21. The van der Waals surface area contributed by atoms with E-state index >= 15 is 0 Å². The Hall–Kier alpha value is -0.900. The van der Waals surface area contributed by atoms with Crippen LogP contribution in [0.25, 0.3) is 0 Å². The van der Waals surface area contributed by atoms with Gasteiger partial charge < -0.3 is 14.2 Å². The van der Waals surface area contributed by atoms with Crippen molar-refractivity contribution < 1.29 is 14.2 Å². The highest BCUT2D eigenvalue weighted by Gasteiger charge is 2.42. The van der Waals surface area contributed by atoms with Gasteiger partial charge in [0.25, 0.3) is 5.97 Å². The maximum atomic E-state index is 6.43. The Morgan fingerprint density at radius 3 is 1.70 bits per heavy atom. The summed E-state index contributed by atoms with van der Waals surface area (Å²) in [6.45, 7) is 8.06. The minimum Gasteiger partial charge on any atom is -0.330 e.